The van der Waals surface area contributed by atoms with Crippen LogP contribution in [0.15, 0.2) is 71.6 Å². The van der Waals surface area contributed by atoms with Gasteiger partial charge in [-0.2, -0.15) is 5.26 Å². The lowest BCUT2D eigenvalue weighted by Gasteiger charge is -2.14. The fourth-order valence-electron chi connectivity index (χ4n) is 2.62. The molecule has 0 saturated heterocycles. The van der Waals surface area contributed by atoms with Gasteiger partial charge in [0.1, 0.15) is 17.6 Å². The van der Waals surface area contributed by atoms with Crippen LogP contribution >= 0.6 is 0 Å². The van der Waals surface area contributed by atoms with E-state index >= 15 is 0 Å². The van der Waals surface area contributed by atoms with Crippen LogP contribution in [0.3, 0.4) is 0 Å². The summed E-state index contributed by atoms with van der Waals surface area (Å²) < 4.78 is 28.9. The van der Waals surface area contributed by atoms with Crippen molar-refractivity contribution in [2.24, 2.45) is 5.14 Å². The van der Waals surface area contributed by atoms with E-state index < -0.39 is 10.0 Å². The largest absolute Gasteiger partial charge is 0.457 e. The molecule has 3 rings (SSSR count). The Morgan fingerprint density at radius 2 is 1.79 bits per heavy atom. The molecular formula is C21H19N3O3S. The Morgan fingerprint density at radius 3 is 2.46 bits per heavy atom. The van der Waals surface area contributed by atoms with Gasteiger partial charge in [0, 0.05) is 12.1 Å². The van der Waals surface area contributed by atoms with Crippen LogP contribution in [0.4, 0.5) is 5.69 Å². The van der Waals surface area contributed by atoms with E-state index in [4.69, 9.17) is 9.88 Å². The van der Waals surface area contributed by atoms with Crippen molar-refractivity contribution in [3.05, 3.63) is 83.4 Å². The maximum absolute atomic E-state index is 11.5. The predicted octanol–water partition coefficient (Wildman–Crippen LogP) is 3.92. The third-order valence-corrected chi connectivity index (χ3v) is 5.04. The summed E-state index contributed by atoms with van der Waals surface area (Å²) >= 11 is 0. The summed E-state index contributed by atoms with van der Waals surface area (Å²) in [6.45, 7) is 2.40. The molecule has 6 nitrogen and oxygen atoms in total. The van der Waals surface area contributed by atoms with Crippen LogP contribution in [0, 0.1) is 18.3 Å². The van der Waals surface area contributed by atoms with Gasteiger partial charge in [-0.25, -0.2) is 13.6 Å². The highest BCUT2D eigenvalue weighted by molar-refractivity contribution is 7.89. The number of aryl methyl sites for hydroxylation is 1. The number of nitrogens with zero attached hydrogens (tertiary/aromatic N) is 1. The number of para-hydroxylation sites is 1. The molecule has 0 atom stereocenters. The van der Waals surface area contributed by atoms with E-state index in [2.05, 4.69) is 5.32 Å². The van der Waals surface area contributed by atoms with Crippen LogP contribution in [0.25, 0.3) is 0 Å². The van der Waals surface area contributed by atoms with Gasteiger partial charge in [0.05, 0.1) is 16.1 Å². The second-order valence-corrected chi connectivity index (χ2v) is 7.80. The fourth-order valence-corrected chi connectivity index (χ4v) is 3.16. The Balaban J connectivity index is 1.80. The first-order chi connectivity index (χ1) is 13.4. The zero-order valence-corrected chi connectivity index (χ0v) is 16.0. The highest BCUT2D eigenvalue weighted by Gasteiger charge is 2.12. The van der Waals surface area contributed by atoms with Gasteiger partial charge in [-0.05, 0) is 43.3 Å². The Morgan fingerprint density at radius 1 is 1.07 bits per heavy atom. The number of anilines is 1. The quantitative estimate of drug-likeness (QED) is 0.660. The highest BCUT2D eigenvalue weighted by atomic mass is 32.2. The first-order valence-electron chi connectivity index (χ1n) is 8.50. The van der Waals surface area contributed by atoms with Crippen LogP contribution in [-0.2, 0) is 16.6 Å². The summed E-state index contributed by atoms with van der Waals surface area (Å²) in [4.78, 5) is -0.0993. The summed E-state index contributed by atoms with van der Waals surface area (Å²) in [6, 6.07) is 21.5. The molecule has 0 radical (unpaired) electrons. The van der Waals surface area contributed by atoms with Crippen LogP contribution in [0.2, 0.25) is 0 Å². The van der Waals surface area contributed by atoms with E-state index in [1.54, 1.807) is 0 Å². The van der Waals surface area contributed by atoms with Crippen molar-refractivity contribution >= 4 is 15.7 Å². The van der Waals surface area contributed by atoms with Crippen molar-refractivity contribution in [3.8, 4) is 17.6 Å². The number of primary sulfonamides is 1. The zero-order chi connectivity index (χ0) is 20.1. The maximum atomic E-state index is 11.5. The number of rotatable bonds is 6. The lowest BCUT2D eigenvalue weighted by molar-refractivity contribution is 0.477. The van der Waals surface area contributed by atoms with Gasteiger partial charge in [-0.1, -0.05) is 35.9 Å². The van der Waals surface area contributed by atoms with Gasteiger partial charge in [0.2, 0.25) is 10.0 Å². The summed E-state index contributed by atoms with van der Waals surface area (Å²) in [6.07, 6.45) is 0. The minimum atomic E-state index is -3.86. The molecule has 0 aliphatic heterocycles. The third-order valence-electron chi connectivity index (χ3n) is 4.13. The molecule has 0 spiro atoms. The van der Waals surface area contributed by atoms with Gasteiger partial charge in [-0.15, -0.1) is 0 Å². The van der Waals surface area contributed by atoms with Gasteiger partial charge >= 0.3 is 0 Å². The molecule has 3 aromatic rings. The third kappa shape index (κ3) is 4.68. The van der Waals surface area contributed by atoms with E-state index in [0.29, 0.717) is 18.0 Å². The van der Waals surface area contributed by atoms with Crippen molar-refractivity contribution in [1.29, 1.82) is 5.26 Å². The Kier molecular flexibility index (Phi) is 5.64. The summed E-state index contributed by atoms with van der Waals surface area (Å²) in [5, 5.41) is 17.6. The summed E-state index contributed by atoms with van der Waals surface area (Å²) in [7, 11) is -3.86. The fraction of sp³-hybridized carbons (Fsp3) is 0.0952. The molecule has 0 amide bonds. The molecule has 0 aromatic heterocycles. The number of hydrogen-bond acceptors (Lipinski definition) is 5. The Hall–Kier alpha value is -3.34. The first kappa shape index (κ1) is 19.4. The molecule has 0 fully saturated rings. The average Bonchev–Trinajstić information content (AvgIpc) is 2.68. The molecule has 3 aromatic carbocycles. The Bertz CT molecular complexity index is 1130. The van der Waals surface area contributed by atoms with Gasteiger partial charge in [-0.3, -0.25) is 0 Å². The van der Waals surface area contributed by atoms with Crippen LogP contribution < -0.4 is 15.2 Å². The molecule has 0 bridgehead atoms. The zero-order valence-electron chi connectivity index (χ0n) is 15.2. The van der Waals surface area contributed by atoms with E-state index in [0.717, 1.165) is 16.9 Å². The minimum absolute atomic E-state index is 0.0993. The standard InChI is InChI=1S/C21H19N3O3S/c1-15-6-8-18(9-7-15)27-21-5-3-2-4-16(21)14-24-20-11-10-19(28(23,25)26)12-17(20)13-22/h2-12,24H,14H2,1H3,(H2,23,25,26). The lowest BCUT2D eigenvalue weighted by Crippen LogP contribution is -2.12. The van der Waals surface area contributed by atoms with Crippen molar-refractivity contribution in [3.63, 3.8) is 0 Å². The number of nitrogens with two attached hydrogens (primary N) is 1. The van der Waals surface area contributed by atoms with Gasteiger partial charge in [0.15, 0.2) is 0 Å². The Labute approximate surface area is 164 Å². The molecular weight excluding hydrogens is 374 g/mol. The number of nitriles is 1. The average molecular weight is 393 g/mol. The summed E-state index contributed by atoms with van der Waals surface area (Å²) in [5.41, 5.74) is 2.75. The molecule has 0 aliphatic carbocycles. The molecule has 142 valence electrons. The monoisotopic (exact) mass is 393 g/mol. The van der Waals surface area contributed by atoms with Crippen molar-refractivity contribution in [2.75, 3.05) is 5.32 Å². The normalized spacial score (nSPS) is 10.9. The number of sulfonamides is 1. The molecule has 7 heteroatoms. The minimum Gasteiger partial charge on any atom is -0.457 e. The lowest BCUT2D eigenvalue weighted by atomic mass is 10.1. The second-order valence-electron chi connectivity index (χ2n) is 6.24. The molecule has 0 saturated carbocycles. The number of hydrogen-bond donors (Lipinski definition) is 2. The van der Waals surface area contributed by atoms with E-state index in [1.807, 2.05) is 61.5 Å². The van der Waals surface area contributed by atoms with Gasteiger partial charge in [0.25, 0.3) is 0 Å². The number of ether oxygens (including phenoxy) is 1. The van der Waals surface area contributed by atoms with Crippen molar-refractivity contribution in [1.82, 2.24) is 0 Å². The molecule has 0 heterocycles. The summed E-state index contributed by atoms with van der Waals surface area (Å²) in [5.74, 6) is 1.42. The van der Waals surface area contributed by atoms with Crippen molar-refractivity contribution < 1.29 is 13.2 Å². The first-order valence-corrected chi connectivity index (χ1v) is 10.0. The second kappa shape index (κ2) is 8.13. The SMILES string of the molecule is Cc1ccc(Oc2ccccc2CNc2ccc(S(N)(=O)=O)cc2C#N)cc1. The maximum Gasteiger partial charge on any atom is 0.238 e. The van der Waals surface area contributed by atoms with Crippen LogP contribution in [0.5, 0.6) is 11.5 Å². The van der Waals surface area contributed by atoms with Crippen molar-refractivity contribution in [2.45, 2.75) is 18.4 Å². The molecule has 28 heavy (non-hydrogen) atoms. The van der Waals surface area contributed by atoms with Crippen LogP contribution in [0.1, 0.15) is 16.7 Å². The van der Waals surface area contributed by atoms with E-state index in [-0.39, 0.29) is 10.5 Å². The van der Waals surface area contributed by atoms with E-state index in [9.17, 15) is 13.7 Å². The number of nitrogens with one attached hydrogen (secondary N) is 1. The molecule has 3 N–H and O–H groups in total. The molecule has 0 unspecified atom stereocenters. The number of benzene rings is 3. The predicted molar refractivity (Wildman–Crippen MR) is 108 cm³/mol. The van der Waals surface area contributed by atoms with Crippen LogP contribution in [-0.4, -0.2) is 8.42 Å². The topological polar surface area (TPSA) is 105 Å². The highest BCUT2D eigenvalue weighted by Crippen LogP contribution is 2.27. The van der Waals surface area contributed by atoms with Gasteiger partial charge < -0.3 is 10.1 Å². The smallest absolute Gasteiger partial charge is 0.238 e. The van der Waals surface area contributed by atoms with E-state index in [1.165, 1.54) is 18.2 Å². The molecule has 0 aliphatic rings.